The highest BCUT2D eigenvalue weighted by Crippen LogP contribution is 2.37. The maximum atomic E-state index is 13.2. The maximum absolute atomic E-state index is 13.2. The Hall–Kier alpha value is -4.15. The van der Waals surface area contributed by atoms with E-state index in [-0.39, 0.29) is 24.9 Å². The van der Waals surface area contributed by atoms with Crippen LogP contribution in [0.5, 0.6) is 0 Å². The first kappa shape index (κ1) is 20.7. The Balaban J connectivity index is 1.54. The SMILES string of the molecule is Cc1cc(N2C(=O)CN(Cc3cccc(C(F)(F)F)c3)c3nccnc32)cc2[nH]c(N)nc12. The van der Waals surface area contributed by atoms with Crippen LogP contribution in [0.2, 0.25) is 0 Å². The van der Waals surface area contributed by atoms with Gasteiger partial charge in [0.15, 0.2) is 17.6 Å². The van der Waals surface area contributed by atoms with Gasteiger partial charge in [0.2, 0.25) is 0 Å². The van der Waals surface area contributed by atoms with E-state index in [1.165, 1.54) is 23.4 Å². The molecule has 2 aromatic carbocycles. The second-order valence-electron chi connectivity index (χ2n) is 7.77. The molecular weight excluding hydrogens is 435 g/mol. The van der Waals surface area contributed by atoms with Gasteiger partial charge >= 0.3 is 6.18 Å². The van der Waals surface area contributed by atoms with Gasteiger partial charge in [0.25, 0.3) is 5.91 Å². The highest BCUT2D eigenvalue weighted by molar-refractivity contribution is 6.08. The van der Waals surface area contributed by atoms with Crippen molar-refractivity contribution in [1.29, 1.82) is 0 Å². The van der Waals surface area contributed by atoms with Gasteiger partial charge < -0.3 is 15.6 Å². The number of imidazole rings is 1. The lowest BCUT2D eigenvalue weighted by Crippen LogP contribution is -2.44. The lowest BCUT2D eigenvalue weighted by Gasteiger charge is -2.35. The second kappa shape index (κ2) is 7.47. The minimum absolute atomic E-state index is 0.0737. The van der Waals surface area contributed by atoms with Crippen molar-refractivity contribution in [2.75, 3.05) is 22.1 Å². The number of nitrogens with one attached hydrogen (secondary N) is 1. The quantitative estimate of drug-likeness (QED) is 0.487. The molecule has 0 aliphatic carbocycles. The molecule has 0 fully saturated rings. The third-order valence-corrected chi connectivity index (χ3v) is 5.41. The number of anilines is 4. The van der Waals surface area contributed by atoms with Crippen molar-refractivity contribution in [3.63, 3.8) is 0 Å². The molecule has 0 bridgehead atoms. The van der Waals surface area contributed by atoms with E-state index in [0.29, 0.717) is 33.9 Å². The van der Waals surface area contributed by atoms with Gasteiger partial charge in [-0.25, -0.2) is 15.0 Å². The molecule has 5 rings (SSSR count). The molecule has 0 saturated heterocycles. The van der Waals surface area contributed by atoms with Crippen LogP contribution < -0.4 is 15.5 Å². The summed E-state index contributed by atoms with van der Waals surface area (Å²) in [7, 11) is 0. The Morgan fingerprint density at radius 2 is 1.88 bits per heavy atom. The van der Waals surface area contributed by atoms with Crippen LogP contribution in [-0.4, -0.2) is 32.4 Å². The van der Waals surface area contributed by atoms with Gasteiger partial charge in [0, 0.05) is 18.9 Å². The first-order chi connectivity index (χ1) is 15.7. The standard InChI is InChI=1S/C22H18F3N7O/c1-12-7-15(9-16-18(12)30-21(26)29-16)32-17(33)11-31(19-20(32)28-6-5-27-19)10-13-3-2-4-14(8-13)22(23,24)25/h2-9H,10-11H2,1H3,(H3,26,29,30). The first-order valence-corrected chi connectivity index (χ1v) is 10.0. The highest BCUT2D eigenvalue weighted by atomic mass is 19.4. The summed E-state index contributed by atoms with van der Waals surface area (Å²) in [6.07, 6.45) is -1.50. The van der Waals surface area contributed by atoms with E-state index in [0.717, 1.165) is 17.7 Å². The molecule has 1 aliphatic heterocycles. The Morgan fingerprint density at radius 3 is 2.64 bits per heavy atom. The lowest BCUT2D eigenvalue weighted by atomic mass is 10.1. The van der Waals surface area contributed by atoms with Crippen molar-refractivity contribution in [1.82, 2.24) is 19.9 Å². The monoisotopic (exact) mass is 453 g/mol. The van der Waals surface area contributed by atoms with Crippen LogP contribution in [0.25, 0.3) is 11.0 Å². The zero-order valence-electron chi connectivity index (χ0n) is 17.4. The number of carbonyl (C=O) groups excluding carboxylic acids is 1. The summed E-state index contributed by atoms with van der Waals surface area (Å²) in [5.74, 6) is 0.673. The summed E-state index contributed by atoms with van der Waals surface area (Å²) in [6.45, 7) is 1.85. The zero-order valence-corrected chi connectivity index (χ0v) is 17.4. The molecule has 3 heterocycles. The number of fused-ring (bicyclic) bond motifs is 2. The van der Waals surface area contributed by atoms with Gasteiger partial charge in [0.05, 0.1) is 28.8 Å². The van der Waals surface area contributed by atoms with Crippen LogP contribution >= 0.6 is 0 Å². The average Bonchev–Trinajstić information content (AvgIpc) is 3.14. The minimum atomic E-state index is -4.45. The molecule has 0 unspecified atom stereocenters. The van der Waals surface area contributed by atoms with E-state index in [9.17, 15) is 18.0 Å². The number of rotatable bonds is 3. The van der Waals surface area contributed by atoms with E-state index in [1.54, 1.807) is 23.1 Å². The summed E-state index contributed by atoms with van der Waals surface area (Å²) >= 11 is 0. The predicted molar refractivity (Wildman–Crippen MR) is 117 cm³/mol. The van der Waals surface area contributed by atoms with Crippen molar-refractivity contribution in [3.8, 4) is 0 Å². The molecule has 0 atom stereocenters. The number of amides is 1. The fourth-order valence-corrected chi connectivity index (χ4v) is 4.01. The Bertz CT molecular complexity index is 1380. The topological polar surface area (TPSA) is 104 Å². The predicted octanol–water partition coefficient (Wildman–Crippen LogP) is 3.95. The van der Waals surface area contributed by atoms with Gasteiger partial charge in [-0.3, -0.25) is 9.69 Å². The highest BCUT2D eigenvalue weighted by Gasteiger charge is 2.34. The third-order valence-electron chi connectivity index (χ3n) is 5.41. The number of carbonyl (C=O) groups is 1. The molecule has 0 radical (unpaired) electrons. The second-order valence-corrected chi connectivity index (χ2v) is 7.77. The molecule has 11 heteroatoms. The molecule has 33 heavy (non-hydrogen) atoms. The number of nitrogens with two attached hydrogens (primary N) is 1. The van der Waals surface area contributed by atoms with Gasteiger partial charge in [0.1, 0.15) is 0 Å². The molecule has 1 amide bonds. The molecule has 168 valence electrons. The molecular formula is C22H18F3N7O. The number of hydrogen-bond donors (Lipinski definition) is 2. The molecule has 3 N–H and O–H groups in total. The van der Waals surface area contributed by atoms with Crippen molar-refractivity contribution < 1.29 is 18.0 Å². The normalized spacial score (nSPS) is 14.1. The Morgan fingerprint density at radius 1 is 1.12 bits per heavy atom. The van der Waals surface area contributed by atoms with Crippen LogP contribution in [0.1, 0.15) is 16.7 Å². The van der Waals surface area contributed by atoms with Gasteiger partial charge in [-0.15, -0.1) is 0 Å². The number of aryl methyl sites for hydroxylation is 1. The Labute approximate surface area is 185 Å². The van der Waals surface area contributed by atoms with Crippen molar-refractivity contribution in [2.45, 2.75) is 19.6 Å². The van der Waals surface area contributed by atoms with Crippen molar-refractivity contribution in [2.24, 2.45) is 0 Å². The van der Waals surface area contributed by atoms with E-state index in [2.05, 4.69) is 19.9 Å². The summed E-state index contributed by atoms with van der Waals surface area (Å²) in [4.78, 5) is 32.2. The molecule has 1 aliphatic rings. The molecule has 0 saturated carbocycles. The average molecular weight is 453 g/mol. The van der Waals surface area contributed by atoms with Crippen LogP contribution in [0.4, 0.5) is 36.4 Å². The summed E-state index contributed by atoms with van der Waals surface area (Å²) in [6, 6.07) is 8.59. The summed E-state index contributed by atoms with van der Waals surface area (Å²) < 4.78 is 39.4. The number of nitrogen functional groups attached to an aromatic ring is 1. The lowest BCUT2D eigenvalue weighted by molar-refractivity contribution is -0.137. The number of aromatic amines is 1. The van der Waals surface area contributed by atoms with Crippen molar-refractivity contribution >= 4 is 40.2 Å². The fraction of sp³-hybridized carbons (Fsp3) is 0.182. The number of benzene rings is 2. The van der Waals surface area contributed by atoms with E-state index < -0.39 is 11.7 Å². The zero-order chi connectivity index (χ0) is 23.3. The van der Waals surface area contributed by atoms with E-state index in [4.69, 9.17) is 5.73 Å². The summed E-state index contributed by atoms with van der Waals surface area (Å²) in [5, 5.41) is 0. The molecule has 4 aromatic rings. The third kappa shape index (κ3) is 3.71. The number of H-pyrrole nitrogens is 1. The van der Waals surface area contributed by atoms with Gasteiger partial charge in [-0.2, -0.15) is 13.2 Å². The number of alkyl halides is 3. The van der Waals surface area contributed by atoms with Crippen LogP contribution in [0, 0.1) is 6.92 Å². The van der Waals surface area contributed by atoms with Crippen LogP contribution in [-0.2, 0) is 17.5 Å². The molecule has 2 aromatic heterocycles. The smallest absolute Gasteiger partial charge is 0.369 e. The minimum Gasteiger partial charge on any atom is -0.369 e. The largest absolute Gasteiger partial charge is 0.416 e. The first-order valence-electron chi connectivity index (χ1n) is 10.0. The number of hydrogen-bond acceptors (Lipinski definition) is 6. The van der Waals surface area contributed by atoms with E-state index >= 15 is 0 Å². The molecule has 8 nitrogen and oxygen atoms in total. The number of aromatic nitrogens is 4. The van der Waals surface area contributed by atoms with Crippen LogP contribution in [0.3, 0.4) is 0 Å². The van der Waals surface area contributed by atoms with E-state index in [1.807, 2.05) is 6.92 Å². The van der Waals surface area contributed by atoms with Gasteiger partial charge in [-0.1, -0.05) is 12.1 Å². The summed E-state index contributed by atoms with van der Waals surface area (Å²) in [5.41, 5.74) is 8.20. The molecule has 0 spiro atoms. The number of nitrogens with zero attached hydrogens (tertiary/aromatic N) is 5. The maximum Gasteiger partial charge on any atom is 0.416 e. The van der Waals surface area contributed by atoms with Gasteiger partial charge in [-0.05, 0) is 42.3 Å². The number of halogens is 3. The van der Waals surface area contributed by atoms with Crippen molar-refractivity contribution in [3.05, 3.63) is 65.5 Å². The van der Waals surface area contributed by atoms with Crippen LogP contribution in [0.15, 0.2) is 48.8 Å². The fourth-order valence-electron chi connectivity index (χ4n) is 4.01. The Kier molecular flexibility index (Phi) is 4.69.